The van der Waals surface area contributed by atoms with Crippen LogP contribution in [0.5, 0.6) is 0 Å². The summed E-state index contributed by atoms with van der Waals surface area (Å²) in [6, 6.07) is -0.776. The predicted molar refractivity (Wildman–Crippen MR) is 87.4 cm³/mol. The maximum Gasteiger partial charge on any atom is 0.319 e. The predicted octanol–water partition coefficient (Wildman–Crippen LogP) is -0.819. The van der Waals surface area contributed by atoms with Crippen LogP contribution in [0.15, 0.2) is 4.52 Å². The zero-order valence-corrected chi connectivity index (χ0v) is 15.4. The number of ether oxygens (including phenoxy) is 1. The van der Waals surface area contributed by atoms with Crippen LogP contribution in [0.1, 0.15) is 11.7 Å². The Hall–Kier alpha value is -1.72. The number of piperazine rings is 1. The number of sulfone groups is 1. The van der Waals surface area contributed by atoms with E-state index in [2.05, 4.69) is 10.1 Å². The molecule has 0 N–H and O–H groups in total. The number of methoxy groups -OCH3 is 1. The van der Waals surface area contributed by atoms with Crippen LogP contribution >= 0.6 is 0 Å². The molecule has 0 spiro atoms. The molecule has 25 heavy (non-hydrogen) atoms. The largest absolute Gasteiger partial charge is 0.377 e. The number of hydrogen-bond acceptors (Lipinski definition) is 8. The summed E-state index contributed by atoms with van der Waals surface area (Å²) in [5.74, 6) is 0.900. The molecule has 2 saturated heterocycles. The maximum absolute atomic E-state index is 12.4. The zero-order chi connectivity index (χ0) is 18.2. The number of aromatic nitrogens is 2. The fourth-order valence-electron chi connectivity index (χ4n) is 3.43. The Balaban J connectivity index is 1.77. The second kappa shape index (κ2) is 6.89. The first-order chi connectivity index (χ1) is 11.8. The Bertz CT molecular complexity index is 734. The normalized spacial score (nSPS) is 25.8. The molecule has 1 aromatic heterocycles. The van der Waals surface area contributed by atoms with Gasteiger partial charge in [-0.2, -0.15) is 4.98 Å². The van der Waals surface area contributed by atoms with Crippen molar-refractivity contribution in [2.45, 2.75) is 25.2 Å². The molecule has 0 aromatic carbocycles. The third-order valence-electron chi connectivity index (χ3n) is 4.54. The van der Waals surface area contributed by atoms with Gasteiger partial charge in [0, 0.05) is 40.3 Å². The van der Waals surface area contributed by atoms with Crippen molar-refractivity contribution in [2.75, 3.05) is 45.8 Å². The summed E-state index contributed by atoms with van der Waals surface area (Å²) in [5, 5.41) is 3.82. The molecule has 0 radical (unpaired) electrons. The van der Waals surface area contributed by atoms with Crippen molar-refractivity contribution in [3.8, 4) is 0 Å². The molecular weight excluding hydrogens is 350 g/mol. The number of hydrogen-bond donors (Lipinski definition) is 0. The molecule has 2 fully saturated rings. The number of urea groups is 1. The Morgan fingerprint density at radius 1 is 1.32 bits per heavy atom. The number of amides is 2. The number of carbonyl (C=O) groups excluding carboxylic acids is 1. The van der Waals surface area contributed by atoms with Gasteiger partial charge in [-0.1, -0.05) is 5.16 Å². The Morgan fingerprint density at radius 3 is 2.72 bits per heavy atom. The Kier molecular flexibility index (Phi) is 4.98. The van der Waals surface area contributed by atoms with E-state index in [1.54, 1.807) is 26.1 Å². The monoisotopic (exact) mass is 373 g/mol. The smallest absolute Gasteiger partial charge is 0.319 e. The van der Waals surface area contributed by atoms with Gasteiger partial charge in [0.15, 0.2) is 15.7 Å². The number of nitrogens with zero attached hydrogens (tertiary/aromatic N) is 5. The molecule has 0 unspecified atom stereocenters. The summed E-state index contributed by atoms with van der Waals surface area (Å²) in [4.78, 5) is 21.8. The van der Waals surface area contributed by atoms with Gasteiger partial charge in [-0.05, 0) is 0 Å². The lowest BCUT2D eigenvalue weighted by atomic mass is 10.1. The van der Waals surface area contributed by atoms with Gasteiger partial charge in [0.25, 0.3) is 0 Å². The fraction of sp³-hybridized carbons (Fsp3) is 0.786. The van der Waals surface area contributed by atoms with Gasteiger partial charge in [0.1, 0.15) is 6.61 Å². The van der Waals surface area contributed by atoms with Crippen LogP contribution in [0, 0.1) is 0 Å². The highest BCUT2D eigenvalue weighted by molar-refractivity contribution is 7.91. The second-order valence-electron chi connectivity index (χ2n) is 6.59. The van der Waals surface area contributed by atoms with Crippen LogP contribution in [0.2, 0.25) is 0 Å². The van der Waals surface area contributed by atoms with Crippen molar-refractivity contribution in [3.05, 3.63) is 11.7 Å². The van der Waals surface area contributed by atoms with Crippen molar-refractivity contribution >= 4 is 15.9 Å². The average molecular weight is 373 g/mol. The molecule has 10 nitrogen and oxygen atoms in total. The standard InChI is InChI=1S/C14H23N5O5S/c1-17(2)14(20)19-5-4-18(10-8-25(21,22)9-11(10)19)6-13-15-12(7-23-3)16-24-13/h10-11H,4-9H2,1-3H3/t10-,11+/m1/s1. The number of carbonyl (C=O) groups is 1. The average Bonchev–Trinajstić information content (AvgIpc) is 3.10. The molecule has 3 rings (SSSR count). The lowest BCUT2D eigenvalue weighted by Crippen LogP contribution is -2.61. The topological polar surface area (TPSA) is 109 Å². The lowest BCUT2D eigenvalue weighted by Gasteiger charge is -2.44. The van der Waals surface area contributed by atoms with Crippen molar-refractivity contribution in [1.82, 2.24) is 24.8 Å². The van der Waals surface area contributed by atoms with Crippen LogP contribution < -0.4 is 0 Å². The van der Waals surface area contributed by atoms with Crippen molar-refractivity contribution in [3.63, 3.8) is 0 Å². The molecule has 0 aliphatic carbocycles. The van der Waals surface area contributed by atoms with Crippen LogP contribution in [-0.2, 0) is 27.7 Å². The summed E-state index contributed by atoms with van der Waals surface area (Å²) in [6.45, 7) is 1.64. The maximum atomic E-state index is 12.4. The van der Waals surface area contributed by atoms with Crippen LogP contribution in [0.25, 0.3) is 0 Å². The Labute approximate surface area is 146 Å². The van der Waals surface area contributed by atoms with E-state index in [-0.39, 0.29) is 36.2 Å². The van der Waals surface area contributed by atoms with Crippen molar-refractivity contribution < 1.29 is 22.5 Å². The second-order valence-corrected chi connectivity index (χ2v) is 8.74. The number of rotatable bonds is 4. The number of fused-ring (bicyclic) bond motifs is 1. The van der Waals surface area contributed by atoms with Crippen LogP contribution in [0.3, 0.4) is 0 Å². The molecule has 3 heterocycles. The van der Waals surface area contributed by atoms with Crippen molar-refractivity contribution in [2.24, 2.45) is 0 Å². The molecular formula is C14H23N5O5S. The molecule has 140 valence electrons. The molecule has 2 atom stereocenters. The van der Waals surface area contributed by atoms with Gasteiger partial charge in [0.2, 0.25) is 5.89 Å². The van der Waals surface area contributed by atoms with Gasteiger partial charge in [-0.25, -0.2) is 13.2 Å². The van der Waals surface area contributed by atoms with E-state index in [9.17, 15) is 13.2 Å². The minimum atomic E-state index is -3.19. The minimum absolute atomic E-state index is 0.00744. The first-order valence-electron chi connectivity index (χ1n) is 8.03. The van der Waals surface area contributed by atoms with Gasteiger partial charge in [-0.3, -0.25) is 4.90 Å². The minimum Gasteiger partial charge on any atom is -0.377 e. The van der Waals surface area contributed by atoms with E-state index in [0.717, 1.165) is 0 Å². The molecule has 0 saturated carbocycles. The molecule has 2 aliphatic rings. The highest BCUT2D eigenvalue weighted by atomic mass is 32.2. The van der Waals surface area contributed by atoms with E-state index < -0.39 is 9.84 Å². The van der Waals surface area contributed by atoms with Crippen LogP contribution in [0.4, 0.5) is 4.79 Å². The lowest BCUT2D eigenvalue weighted by molar-refractivity contribution is 0.0461. The van der Waals surface area contributed by atoms with Crippen molar-refractivity contribution in [1.29, 1.82) is 0 Å². The zero-order valence-electron chi connectivity index (χ0n) is 14.6. The third-order valence-corrected chi connectivity index (χ3v) is 6.24. The summed E-state index contributed by atoms with van der Waals surface area (Å²) in [7, 11) is 1.70. The fourth-order valence-corrected chi connectivity index (χ4v) is 5.44. The summed E-state index contributed by atoms with van der Waals surface area (Å²) >= 11 is 0. The third kappa shape index (κ3) is 3.77. The van der Waals surface area contributed by atoms with Gasteiger partial charge in [-0.15, -0.1) is 0 Å². The van der Waals surface area contributed by atoms with Crippen LogP contribution in [-0.4, -0.2) is 97.2 Å². The Morgan fingerprint density at radius 2 is 2.04 bits per heavy atom. The highest BCUT2D eigenvalue weighted by Crippen LogP contribution is 2.28. The van der Waals surface area contributed by atoms with E-state index >= 15 is 0 Å². The van der Waals surface area contributed by atoms with E-state index in [1.165, 1.54) is 4.90 Å². The van der Waals surface area contributed by atoms with E-state index in [0.29, 0.717) is 31.3 Å². The summed E-state index contributed by atoms with van der Waals surface area (Å²) < 4.78 is 34.5. The molecule has 11 heteroatoms. The first-order valence-corrected chi connectivity index (χ1v) is 9.85. The highest BCUT2D eigenvalue weighted by Gasteiger charge is 2.48. The van der Waals surface area contributed by atoms with Gasteiger partial charge >= 0.3 is 6.03 Å². The molecule has 2 aliphatic heterocycles. The van der Waals surface area contributed by atoms with Gasteiger partial charge < -0.3 is 19.1 Å². The molecule has 1 aromatic rings. The SMILES string of the molecule is COCc1noc(CN2CCN(C(=O)N(C)C)[C@H]3CS(=O)(=O)C[C@H]32)n1. The first kappa shape index (κ1) is 18.1. The summed E-state index contributed by atoms with van der Waals surface area (Å²) in [6.07, 6.45) is 0. The quantitative estimate of drug-likeness (QED) is 0.673. The summed E-state index contributed by atoms with van der Waals surface area (Å²) in [5.41, 5.74) is 0. The van der Waals surface area contributed by atoms with Gasteiger partial charge in [0.05, 0.1) is 24.1 Å². The van der Waals surface area contributed by atoms with E-state index in [1.807, 2.05) is 4.90 Å². The van der Waals surface area contributed by atoms with E-state index in [4.69, 9.17) is 9.26 Å². The molecule has 2 amide bonds. The molecule has 0 bridgehead atoms.